The van der Waals surface area contributed by atoms with Crippen LogP contribution in [-0.4, -0.2) is 41.1 Å². The van der Waals surface area contributed by atoms with Crippen LogP contribution in [0.2, 0.25) is 0 Å². The lowest BCUT2D eigenvalue weighted by atomic mass is 10.1. The maximum absolute atomic E-state index is 5.59. The quantitative estimate of drug-likeness (QED) is 0.872. The molecule has 0 spiro atoms. The standard InChI is InChI=1S/C18H23N3OS/c1-14-5-6-15(2)17(12-14)19-18(23)21-9-7-20(8-10-21)13-16-4-3-11-22-16/h3-6,11-12H,7-10,13H2,1-2H3,(H,19,23). The Morgan fingerprint density at radius 3 is 2.65 bits per heavy atom. The van der Waals surface area contributed by atoms with Gasteiger partial charge in [-0.25, -0.2) is 0 Å². The molecule has 1 aliphatic heterocycles. The molecule has 1 aliphatic rings. The van der Waals surface area contributed by atoms with Gasteiger partial charge >= 0.3 is 0 Å². The first-order valence-electron chi connectivity index (χ1n) is 8.00. The summed E-state index contributed by atoms with van der Waals surface area (Å²) >= 11 is 5.59. The van der Waals surface area contributed by atoms with Crippen LogP contribution >= 0.6 is 12.2 Å². The molecule has 0 unspecified atom stereocenters. The van der Waals surface area contributed by atoms with Crippen molar-refractivity contribution < 1.29 is 4.42 Å². The molecule has 1 aromatic heterocycles. The third-order valence-corrected chi connectivity index (χ3v) is 4.61. The van der Waals surface area contributed by atoms with Gasteiger partial charge in [0.25, 0.3) is 0 Å². The van der Waals surface area contributed by atoms with Gasteiger partial charge in [0.15, 0.2) is 5.11 Å². The highest BCUT2D eigenvalue weighted by Crippen LogP contribution is 2.17. The molecule has 1 saturated heterocycles. The summed E-state index contributed by atoms with van der Waals surface area (Å²) in [6.07, 6.45) is 1.73. The topological polar surface area (TPSA) is 31.6 Å². The van der Waals surface area contributed by atoms with E-state index < -0.39 is 0 Å². The Morgan fingerprint density at radius 1 is 1.17 bits per heavy atom. The minimum Gasteiger partial charge on any atom is -0.468 e. The van der Waals surface area contributed by atoms with Crippen LogP contribution in [0.4, 0.5) is 5.69 Å². The van der Waals surface area contributed by atoms with Crippen LogP contribution < -0.4 is 5.32 Å². The Labute approximate surface area is 143 Å². The van der Waals surface area contributed by atoms with E-state index in [1.54, 1.807) is 6.26 Å². The highest BCUT2D eigenvalue weighted by molar-refractivity contribution is 7.80. The number of aryl methyl sites for hydroxylation is 2. The van der Waals surface area contributed by atoms with Gasteiger partial charge in [0.05, 0.1) is 12.8 Å². The van der Waals surface area contributed by atoms with Gasteiger partial charge in [0.1, 0.15) is 5.76 Å². The van der Waals surface area contributed by atoms with E-state index in [9.17, 15) is 0 Å². The summed E-state index contributed by atoms with van der Waals surface area (Å²) in [5.74, 6) is 1.02. The predicted molar refractivity (Wildman–Crippen MR) is 97.7 cm³/mol. The number of anilines is 1. The molecular formula is C18H23N3OS. The summed E-state index contributed by atoms with van der Waals surface area (Å²) in [4.78, 5) is 4.64. The van der Waals surface area contributed by atoms with Gasteiger partial charge < -0.3 is 14.6 Å². The molecule has 4 nitrogen and oxygen atoms in total. The molecule has 0 aliphatic carbocycles. The van der Waals surface area contributed by atoms with Crippen LogP contribution in [0.15, 0.2) is 41.0 Å². The Kier molecular flexibility index (Phi) is 4.98. The van der Waals surface area contributed by atoms with Crippen molar-refractivity contribution in [2.24, 2.45) is 0 Å². The summed E-state index contributed by atoms with van der Waals surface area (Å²) in [6.45, 7) is 8.95. The number of thiocarbonyl (C=S) groups is 1. The van der Waals surface area contributed by atoms with Gasteiger partial charge in [0, 0.05) is 31.9 Å². The molecule has 0 bridgehead atoms. The predicted octanol–water partition coefficient (Wildman–Crippen LogP) is 3.41. The maximum atomic E-state index is 5.59. The lowest BCUT2D eigenvalue weighted by molar-refractivity contribution is 0.166. The van der Waals surface area contributed by atoms with Gasteiger partial charge in [0.2, 0.25) is 0 Å². The SMILES string of the molecule is Cc1ccc(C)c(NC(=S)N2CCN(Cc3ccco3)CC2)c1. The molecule has 0 radical (unpaired) electrons. The third kappa shape index (κ3) is 4.12. The Balaban J connectivity index is 1.53. The van der Waals surface area contributed by atoms with E-state index >= 15 is 0 Å². The molecule has 0 saturated carbocycles. The number of hydrogen-bond donors (Lipinski definition) is 1. The largest absolute Gasteiger partial charge is 0.468 e. The van der Waals surface area contributed by atoms with Crippen molar-refractivity contribution in [2.45, 2.75) is 20.4 Å². The maximum Gasteiger partial charge on any atom is 0.173 e. The molecule has 23 heavy (non-hydrogen) atoms. The molecule has 0 amide bonds. The van der Waals surface area contributed by atoms with E-state index in [0.29, 0.717) is 0 Å². The normalized spacial score (nSPS) is 15.7. The molecular weight excluding hydrogens is 306 g/mol. The molecule has 122 valence electrons. The average Bonchev–Trinajstić information content (AvgIpc) is 3.04. The van der Waals surface area contributed by atoms with Crippen LogP contribution in [-0.2, 0) is 6.54 Å². The molecule has 3 rings (SSSR count). The minimum absolute atomic E-state index is 0.816. The summed E-state index contributed by atoms with van der Waals surface area (Å²) in [5, 5.41) is 4.22. The minimum atomic E-state index is 0.816. The number of rotatable bonds is 3. The lowest BCUT2D eigenvalue weighted by Gasteiger charge is -2.36. The fraction of sp³-hybridized carbons (Fsp3) is 0.389. The Morgan fingerprint density at radius 2 is 1.96 bits per heavy atom. The lowest BCUT2D eigenvalue weighted by Crippen LogP contribution is -2.49. The van der Waals surface area contributed by atoms with E-state index in [4.69, 9.17) is 16.6 Å². The molecule has 2 heterocycles. The van der Waals surface area contributed by atoms with Gasteiger partial charge in [-0.05, 0) is 55.4 Å². The van der Waals surface area contributed by atoms with Crippen molar-refractivity contribution in [3.8, 4) is 0 Å². The van der Waals surface area contributed by atoms with Gasteiger partial charge in [-0.3, -0.25) is 4.90 Å². The highest BCUT2D eigenvalue weighted by Gasteiger charge is 2.19. The Hall–Kier alpha value is -1.85. The van der Waals surface area contributed by atoms with Gasteiger partial charge in [-0.2, -0.15) is 0 Å². The van der Waals surface area contributed by atoms with E-state index in [1.807, 2.05) is 12.1 Å². The van der Waals surface area contributed by atoms with E-state index in [2.05, 4.69) is 47.2 Å². The van der Waals surface area contributed by atoms with Gasteiger partial charge in [-0.15, -0.1) is 0 Å². The van der Waals surface area contributed by atoms with Crippen molar-refractivity contribution in [2.75, 3.05) is 31.5 Å². The zero-order chi connectivity index (χ0) is 16.2. The number of benzene rings is 1. The second kappa shape index (κ2) is 7.15. The highest BCUT2D eigenvalue weighted by atomic mass is 32.1. The van der Waals surface area contributed by atoms with Gasteiger partial charge in [-0.1, -0.05) is 12.1 Å². The molecule has 5 heteroatoms. The van der Waals surface area contributed by atoms with Crippen LogP contribution in [0.25, 0.3) is 0 Å². The van der Waals surface area contributed by atoms with Crippen LogP contribution in [0, 0.1) is 13.8 Å². The smallest absolute Gasteiger partial charge is 0.173 e. The zero-order valence-electron chi connectivity index (χ0n) is 13.7. The zero-order valence-corrected chi connectivity index (χ0v) is 14.5. The third-order valence-electron chi connectivity index (χ3n) is 4.25. The number of nitrogens with one attached hydrogen (secondary N) is 1. The van der Waals surface area contributed by atoms with Crippen molar-refractivity contribution in [3.05, 3.63) is 53.5 Å². The number of furan rings is 1. The van der Waals surface area contributed by atoms with Crippen molar-refractivity contribution in [1.82, 2.24) is 9.80 Å². The monoisotopic (exact) mass is 329 g/mol. The van der Waals surface area contributed by atoms with E-state index in [1.165, 1.54) is 11.1 Å². The van der Waals surface area contributed by atoms with Crippen LogP contribution in [0.5, 0.6) is 0 Å². The molecule has 1 aromatic carbocycles. The molecule has 1 fully saturated rings. The summed E-state index contributed by atoms with van der Waals surface area (Å²) < 4.78 is 5.42. The Bertz CT molecular complexity index is 661. The fourth-order valence-corrected chi connectivity index (χ4v) is 3.09. The summed E-state index contributed by atoms with van der Waals surface area (Å²) in [6, 6.07) is 10.4. The van der Waals surface area contributed by atoms with Crippen molar-refractivity contribution >= 4 is 23.0 Å². The number of hydrogen-bond acceptors (Lipinski definition) is 3. The molecule has 2 aromatic rings. The number of piperazine rings is 1. The average molecular weight is 329 g/mol. The number of nitrogens with zero attached hydrogens (tertiary/aromatic N) is 2. The van der Waals surface area contributed by atoms with E-state index in [0.717, 1.165) is 49.3 Å². The van der Waals surface area contributed by atoms with E-state index in [-0.39, 0.29) is 0 Å². The van der Waals surface area contributed by atoms with Crippen molar-refractivity contribution in [3.63, 3.8) is 0 Å². The molecule has 0 atom stereocenters. The second-order valence-corrected chi connectivity index (χ2v) is 6.48. The van der Waals surface area contributed by atoms with Crippen LogP contribution in [0.1, 0.15) is 16.9 Å². The summed E-state index contributed by atoms with van der Waals surface area (Å²) in [7, 11) is 0. The first-order chi connectivity index (χ1) is 11.1. The first-order valence-corrected chi connectivity index (χ1v) is 8.40. The second-order valence-electron chi connectivity index (χ2n) is 6.09. The summed E-state index contributed by atoms with van der Waals surface area (Å²) in [5.41, 5.74) is 3.56. The van der Waals surface area contributed by atoms with Crippen LogP contribution in [0.3, 0.4) is 0 Å². The fourth-order valence-electron chi connectivity index (χ4n) is 2.80. The molecule has 1 N–H and O–H groups in total. The first kappa shape index (κ1) is 16.0. The van der Waals surface area contributed by atoms with Crippen molar-refractivity contribution in [1.29, 1.82) is 0 Å².